The Hall–Kier alpha value is -1.34. The minimum atomic E-state index is -4.67. The molecule has 1 aromatic heterocycles. The van der Waals surface area contributed by atoms with Gasteiger partial charge in [-0.25, -0.2) is 0 Å². The smallest absolute Gasteiger partial charge is 0.404 e. The molecule has 1 aliphatic heterocycles. The predicted molar refractivity (Wildman–Crippen MR) is 54.5 cm³/mol. The maximum Gasteiger partial charge on any atom is 0.573 e. The minimum absolute atomic E-state index is 0.0312. The van der Waals surface area contributed by atoms with Gasteiger partial charge in [-0.05, 0) is 12.1 Å². The van der Waals surface area contributed by atoms with Gasteiger partial charge in [0.1, 0.15) is 5.75 Å². The normalized spacial score (nSPS) is 21.2. The number of alkyl halides is 3. The molecule has 2 rings (SSSR count). The van der Waals surface area contributed by atoms with Crippen molar-refractivity contribution in [2.45, 2.75) is 12.4 Å². The Balaban J connectivity index is 2.02. The van der Waals surface area contributed by atoms with E-state index < -0.39 is 6.36 Å². The number of hydrogen-bond acceptors (Lipinski definition) is 4. The monoisotopic (exact) mass is 247 g/mol. The maximum absolute atomic E-state index is 11.9. The van der Waals surface area contributed by atoms with Gasteiger partial charge in [-0.2, -0.15) is 0 Å². The molecular formula is C10H12F3N3O. The molecule has 1 unspecified atom stereocenters. The molecule has 0 amide bonds. The zero-order valence-corrected chi connectivity index (χ0v) is 8.92. The Bertz CT molecular complexity index is 360. The molecule has 2 N–H and O–H groups in total. The van der Waals surface area contributed by atoms with E-state index in [1.165, 1.54) is 12.1 Å². The molecule has 1 aliphatic rings. The third-order valence-electron chi connectivity index (χ3n) is 2.39. The van der Waals surface area contributed by atoms with Crippen LogP contribution in [0.15, 0.2) is 18.3 Å². The maximum atomic E-state index is 11.9. The lowest BCUT2D eigenvalue weighted by molar-refractivity contribution is -0.274. The quantitative estimate of drug-likeness (QED) is 0.824. The van der Waals surface area contributed by atoms with Gasteiger partial charge in [0.15, 0.2) is 0 Å². The van der Waals surface area contributed by atoms with E-state index in [0.29, 0.717) is 12.2 Å². The van der Waals surface area contributed by atoms with Gasteiger partial charge in [0.05, 0.1) is 17.9 Å². The predicted octanol–water partition coefficient (Wildman–Crippen LogP) is 1.21. The van der Waals surface area contributed by atoms with Gasteiger partial charge >= 0.3 is 6.36 Å². The molecule has 94 valence electrons. The Morgan fingerprint density at radius 1 is 1.29 bits per heavy atom. The second-order valence-electron chi connectivity index (χ2n) is 3.68. The topological polar surface area (TPSA) is 46.2 Å². The SMILES string of the molecule is FC(F)(F)Oc1ccc(C2CNCCN2)nc1. The fourth-order valence-electron chi connectivity index (χ4n) is 1.65. The number of nitrogens with one attached hydrogen (secondary N) is 2. The van der Waals surface area contributed by atoms with Crippen molar-refractivity contribution < 1.29 is 17.9 Å². The van der Waals surface area contributed by atoms with Crippen molar-refractivity contribution >= 4 is 0 Å². The first-order chi connectivity index (χ1) is 8.04. The van der Waals surface area contributed by atoms with Crippen molar-refractivity contribution in [1.29, 1.82) is 0 Å². The van der Waals surface area contributed by atoms with E-state index in [4.69, 9.17) is 0 Å². The van der Waals surface area contributed by atoms with Crippen LogP contribution in [0.4, 0.5) is 13.2 Å². The van der Waals surface area contributed by atoms with Crippen molar-refractivity contribution in [2.75, 3.05) is 19.6 Å². The summed E-state index contributed by atoms with van der Waals surface area (Å²) in [6.07, 6.45) is -3.59. The van der Waals surface area contributed by atoms with Crippen LogP contribution >= 0.6 is 0 Å². The van der Waals surface area contributed by atoms with Crippen LogP contribution in [0.5, 0.6) is 5.75 Å². The second-order valence-corrected chi connectivity index (χ2v) is 3.68. The summed E-state index contributed by atoms with van der Waals surface area (Å²) < 4.78 is 39.5. The highest BCUT2D eigenvalue weighted by Gasteiger charge is 2.31. The third-order valence-corrected chi connectivity index (χ3v) is 2.39. The first-order valence-electron chi connectivity index (χ1n) is 5.20. The average molecular weight is 247 g/mol. The number of aromatic nitrogens is 1. The van der Waals surface area contributed by atoms with Gasteiger partial charge in [0.25, 0.3) is 0 Å². The highest BCUT2D eigenvalue weighted by atomic mass is 19.4. The van der Waals surface area contributed by atoms with Crippen molar-refractivity contribution in [3.63, 3.8) is 0 Å². The average Bonchev–Trinajstić information content (AvgIpc) is 2.29. The van der Waals surface area contributed by atoms with E-state index in [-0.39, 0.29) is 11.8 Å². The Labute approximate surface area is 96.2 Å². The van der Waals surface area contributed by atoms with E-state index in [1.54, 1.807) is 0 Å². The standard InChI is InChI=1S/C10H12F3N3O/c11-10(12,13)17-7-1-2-8(16-5-7)9-6-14-3-4-15-9/h1-2,5,9,14-15H,3-4,6H2. The van der Waals surface area contributed by atoms with Gasteiger partial charge in [-0.1, -0.05) is 0 Å². The largest absolute Gasteiger partial charge is 0.573 e. The molecule has 4 nitrogen and oxygen atoms in total. The highest BCUT2D eigenvalue weighted by molar-refractivity contribution is 5.22. The van der Waals surface area contributed by atoms with Crippen LogP contribution in [0.25, 0.3) is 0 Å². The lowest BCUT2D eigenvalue weighted by atomic mass is 10.1. The van der Waals surface area contributed by atoms with Crippen LogP contribution < -0.4 is 15.4 Å². The summed E-state index contributed by atoms with van der Waals surface area (Å²) >= 11 is 0. The van der Waals surface area contributed by atoms with Crippen molar-refractivity contribution in [2.24, 2.45) is 0 Å². The molecule has 7 heteroatoms. The molecule has 0 spiro atoms. The number of ether oxygens (including phenoxy) is 1. The summed E-state index contributed by atoms with van der Waals surface area (Å²) in [6.45, 7) is 2.41. The number of pyridine rings is 1. The first kappa shape index (κ1) is 12.1. The van der Waals surface area contributed by atoms with Crippen molar-refractivity contribution in [3.8, 4) is 5.75 Å². The molecule has 1 atom stereocenters. The van der Waals surface area contributed by atoms with Gasteiger partial charge in [-0.3, -0.25) is 4.98 Å². The summed E-state index contributed by atoms with van der Waals surface area (Å²) in [7, 11) is 0. The second kappa shape index (κ2) is 4.89. The first-order valence-corrected chi connectivity index (χ1v) is 5.20. The Morgan fingerprint density at radius 2 is 2.12 bits per heavy atom. The van der Waals surface area contributed by atoms with Crippen molar-refractivity contribution in [3.05, 3.63) is 24.0 Å². The minimum Gasteiger partial charge on any atom is -0.404 e. The molecule has 2 heterocycles. The number of halogens is 3. The molecule has 1 saturated heterocycles. The molecule has 0 saturated carbocycles. The summed E-state index contributed by atoms with van der Waals surface area (Å²) in [4.78, 5) is 3.96. The van der Waals surface area contributed by atoms with E-state index in [1.807, 2.05) is 0 Å². The third kappa shape index (κ3) is 3.57. The zero-order chi connectivity index (χ0) is 12.3. The van der Waals surface area contributed by atoms with Gasteiger partial charge in [0, 0.05) is 19.6 Å². The number of piperazine rings is 1. The fraction of sp³-hybridized carbons (Fsp3) is 0.500. The summed E-state index contributed by atoms with van der Waals surface area (Å²) in [6, 6.07) is 2.83. The molecule has 0 radical (unpaired) electrons. The lowest BCUT2D eigenvalue weighted by Crippen LogP contribution is -2.42. The number of nitrogens with zero attached hydrogens (tertiary/aromatic N) is 1. The number of hydrogen-bond donors (Lipinski definition) is 2. The molecule has 0 aliphatic carbocycles. The van der Waals surface area contributed by atoms with Gasteiger partial charge in [0.2, 0.25) is 0 Å². The molecule has 17 heavy (non-hydrogen) atoms. The van der Waals surface area contributed by atoms with Crippen molar-refractivity contribution in [1.82, 2.24) is 15.6 Å². The fourth-order valence-corrected chi connectivity index (χ4v) is 1.65. The molecular weight excluding hydrogens is 235 g/mol. The van der Waals surface area contributed by atoms with Crippen LogP contribution in [-0.2, 0) is 0 Å². The summed E-state index contributed by atoms with van der Waals surface area (Å²) in [5.41, 5.74) is 0.701. The van der Waals surface area contributed by atoms with Crippen LogP contribution in [-0.4, -0.2) is 31.0 Å². The number of rotatable bonds is 2. The Kier molecular flexibility index (Phi) is 3.49. The van der Waals surface area contributed by atoms with Crippen LogP contribution in [0.1, 0.15) is 11.7 Å². The molecule has 1 fully saturated rings. The van der Waals surface area contributed by atoms with Crippen LogP contribution in [0.2, 0.25) is 0 Å². The van der Waals surface area contributed by atoms with Gasteiger partial charge < -0.3 is 15.4 Å². The Morgan fingerprint density at radius 3 is 2.65 bits per heavy atom. The zero-order valence-electron chi connectivity index (χ0n) is 8.92. The molecule has 0 aromatic carbocycles. The summed E-state index contributed by atoms with van der Waals surface area (Å²) in [5.74, 6) is -0.301. The highest BCUT2D eigenvalue weighted by Crippen LogP contribution is 2.22. The molecule has 0 bridgehead atoms. The van der Waals surface area contributed by atoms with Gasteiger partial charge in [-0.15, -0.1) is 13.2 Å². The lowest BCUT2D eigenvalue weighted by Gasteiger charge is -2.24. The summed E-state index contributed by atoms with van der Waals surface area (Å²) in [5, 5.41) is 6.39. The van der Waals surface area contributed by atoms with E-state index in [0.717, 1.165) is 19.3 Å². The van der Waals surface area contributed by atoms with E-state index in [9.17, 15) is 13.2 Å². The van der Waals surface area contributed by atoms with E-state index >= 15 is 0 Å². The molecule has 1 aromatic rings. The van der Waals surface area contributed by atoms with Crippen LogP contribution in [0.3, 0.4) is 0 Å². The van der Waals surface area contributed by atoms with Crippen LogP contribution in [0, 0.1) is 0 Å². The van der Waals surface area contributed by atoms with E-state index in [2.05, 4.69) is 20.4 Å².